The van der Waals surface area contributed by atoms with E-state index in [9.17, 15) is 14.4 Å². The second kappa shape index (κ2) is 8.96. The molecule has 2 heterocycles. The first-order chi connectivity index (χ1) is 17.2. The molecule has 0 fully saturated rings. The van der Waals surface area contributed by atoms with Crippen LogP contribution in [0.2, 0.25) is 0 Å². The summed E-state index contributed by atoms with van der Waals surface area (Å²) in [4.78, 5) is 39.5. The largest absolute Gasteiger partial charge is 0.420 e. The fourth-order valence-electron chi connectivity index (χ4n) is 5.42. The lowest BCUT2D eigenvalue weighted by atomic mass is 9.81. The molecule has 36 heavy (non-hydrogen) atoms. The van der Waals surface area contributed by atoms with Gasteiger partial charge in [-0.05, 0) is 61.1 Å². The summed E-state index contributed by atoms with van der Waals surface area (Å²) in [6, 6.07) is 8.73. The van der Waals surface area contributed by atoms with E-state index in [0.29, 0.717) is 35.1 Å². The Morgan fingerprint density at radius 3 is 2.14 bits per heavy atom. The maximum Gasteiger partial charge on any atom is 0.308 e. The molecule has 9 heteroatoms. The number of rotatable bonds is 3. The van der Waals surface area contributed by atoms with Crippen LogP contribution in [0.4, 0.5) is 8.78 Å². The first kappa shape index (κ1) is 23.8. The number of carbonyl (C=O) groups is 2. The van der Waals surface area contributed by atoms with Gasteiger partial charge in [-0.15, -0.1) is 0 Å². The first-order valence-corrected chi connectivity index (χ1v) is 11.8. The molecular formula is C27H25F2N3O4. The first-order valence-electron chi connectivity index (χ1n) is 11.8. The summed E-state index contributed by atoms with van der Waals surface area (Å²) in [5, 5.41) is 4.29. The molecule has 0 bridgehead atoms. The molecule has 0 saturated carbocycles. The molecule has 1 aliphatic carbocycles. The molecule has 0 N–H and O–H groups in total. The van der Waals surface area contributed by atoms with E-state index in [1.807, 2.05) is 26.0 Å². The number of fused-ring (bicyclic) bond motifs is 3. The van der Waals surface area contributed by atoms with Crippen molar-refractivity contribution in [3.63, 3.8) is 0 Å². The molecule has 2 aliphatic rings. The molecule has 7 nitrogen and oxygen atoms in total. The fraction of sp³-hybridized carbons (Fsp3) is 0.333. The summed E-state index contributed by atoms with van der Waals surface area (Å²) < 4.78 is 36.7. The second-order valence-electron chi connectivity index (χ2n) is 9.44. The van der Waals surface area contributed by atoms with Gasteiger partial charge in [0.05, 0.1) is 12.2 Å². The molecule has 5 rings (SSSR count). The Morgan fingerprint density at radius 1 is 1.03 bits per heavy atom. The van der Waals surface area contributed by atoms with E-state index in [2.05, 4.69) is 5.10 Å². The van der Waals surface area contributed by atoms with Crippen LogP contribution in [0.15, 0.2) is 47.4 Å². The van der Waals surface area contributed by atoms with E-state index in [-0.39, 0.29) is 29.9 Å². The van der Waals surface area contributed by atoms with Gasteiger partial charge in [0.25, 0.3) is 5.91 Å². The molecular weight excluding hydrogens is 468 g/mol. The Bertz CT molecular complexity index is 1400. The van der Waals surface area contributed by atoms with Crippen LogP contribution in [0.25, 0.3) is 0 Å². The van der Waals surface area contributed by atoms with Gasteiger partial charge in [0, 0.05) is 25.4 Å². The van der Waals surface area contributed by atoms with Crippen LogP contribution in [0.5, 0.6) is 5.75 Å². The Balaban J connectivity index is 1.82. The summed E-state index contributed by atoms with van der Waals surface area (Å²) in [6.07, 6.45) is 1.63. The van der Waals surface area contributed by atoms with Gasteiger partial charge in [0.15, 0.2) is 5.69 Å². The highest BCUT2D eigenvalue weighted by atomic mass is 19.1. The lowest BCUT2D eigenvalue weighted by Gasteiger charge is -2.41. The zero-order chi connectivity index (χ0) is 25.7. The number of carbonyl (C=O) groups excluding carboxylic acids is 2. The van der Waals surface area contributed by atoms with Crippen molar-refractivity contribution < 1.29 is 23.1 Å². The van der Waals surface area contributed by atoms with Crippen molar-refractivity contribution in [1.82, 2.24) is 14.7 Å². The number of nitrogens with zero attached hydrogens (tertiary/aromatic N) is 3. The van der Waals surface area contributed by atoms with Crippen molar-refractivity contribution in [2.45, 2.75) is 51.6 Å². The summed E-state index contributed by atoms with van der Waals surface area (Å²) in [5.41, 5.74) is 1.45. The number of esters is 1. The zero-order valence-electron chi connectivity index (χ0n) is 20.1. The average Bonchev–Trinajstić information content (AvgIpc) is 2.99. The Labute approximate surface area is 206 Å². The number of aromatic nitrogens is 2. The number of halogens is 2. The van der Waals surface area contributed by atoms with Gasteiger partial charge in [-0.3, -0.25) is 19.1 Å². The topological polar surface area (TPSA) is 81.5 Å². The Morgan fingerprint density at radius 2 is 1.61 bits per heavy atom. The van der Waals surface area contributed by atoms with E-state index in [1.54, 1.807) is 17.0 Å². The summed E-state index contributed by atoms with van der Waals surface area (Å²) in [5.74, 6) is -3.00. The molecule has 3 aromatic rings. The minimum absolute atomic E-state index is 0.150. The lowest BCUT2D eigenvalue weighted by molar-refractivity contribution is -0.132. The quantitative estimate of drug-likeness (QED) is 0.519. The molecule has 1 amide bonds. The third-order valence-electron chi connectivity index (χ3n) is 6.99. The Hall–Kier alpha value is -3.88. The van der Waals surface area contributed by atoms with Crippen molar-refractivity contribution in [1.29, 1.82) is 0 Å². The number of benzene rings is 2. The van der Waals surface area contributed by atoms with Gasteiger partial charge >= 0.3 is 5.97 Å². The molecule has 0 saturated heterocycles. The van der Waals surface area contributed by atoms with Gasteiger partial charge in [-0.25, -0.2) is 8.78 Å². The molecule has 1 unspecified atom stereocenters. The SMILES string of the molecule is CC(=O)Oc1c2n(ncc1=O)C(C1c3cccc(F)c3CCc3c(F)cccc31)CN(C(C)C)C2=O. The van der Waals surface area contributed by atoms with Gasteiger partial charge in [0.1, 0.15) is 11.6 Å². The van der Waals surface area contributed by atoms with Crippen molar-refractivity contribution >= 4 is 11.9 Å². The van der Waals surface area contributed by atoms with Crippen molar-refractivity contribution in [3.05, 3.63) is 92.4 Å². The Kier molecular flexibility index (Phi) is 5.94. The average molecular weight is 494 g/mol. The summed E-state index contributed by atoms with van der Waals surface area (Å²) >= 11 is 0. The van der Waals surface area contributed by atoms with Crippen LogP contribution < -0.4 is 10.2 Å². The van der Waals surface area contributed by atoms with Crippen molar-refractivity contribution in [2.24, 2.45) is 0 Å². The maximum atomic E-state index is 15.1. The minimum atomic E-state index is -0.749. The second-order valence-corrected chi connectivity index (χ2v) is 9.44. The zero-order valence-corrected chi connectivity index (χ0v) is 20.1. The lowest BCUT2D eigenvalue weighted by Crippen LogP contribution is -2.50. The number of hydrogen-bond donors (Lipinski definition) is 0. The molecule has 0 spiro atoms. The summed E-state index contributed by atoms with van der Waals surface area (Å²) in [7, 11) is 0. The predicted molar refractivity (Wildman–Crippen MR) is 127 cm³/mol. The fourth-order valence-corrected chi connectivity index (χ4v) is 5.42. The third-order valence-corrected chi connectivity index (χ3v) is 6.99. The van der Waals surface area contributed by atoms with Crippen LogP contribution in [0.3, 0.4) is 0 Å². The monoisotopic (exact) mass is 493 g/mol. The molecule has 1 aromatic heterocycles. The molecule has 2 aromatic carbocycles. The summed E-state index contributed by atoms with van der Waals surface area (Å²) in [6.45, 7) is 4.98. The van der Waals surface area contributed by atoms with Crippen molar-refractivity contribution in [2.75, 3.05) is 6.54 Å². The smallest absolute Gasteiger partial charge is 0.308 e. The highest BCUT2D eigenvalue weighted by molar-refractivity contribution is 5.96. The van der Waals surface area contributed by atoms with E-state index in [4.69, 9.17) is 4.74 Å². The maximum absolute atomic E-state index is 15.1. The van der Waals surface area contributed by atoms with E-state index < -0.39 is 35.0 Å². The van der Waals surface area contributed by atoms with E-state index in [1.165, 1.54) is 16.8 Å². The van der Waals surface area contributed by atoms with Crippen LogP contribution in [-0.2, 0) is 17.6 Å². The standard InChI is InChI=1S/C27H25F2N3O4/c1-14(2)31-13-22(32-25(27(31)35)26(36-15(3)33)23(34)12-30-32)24-18-6-4-8-20(28)16(18)10-11-17-19(24)7-5-9-21(17)29/h4-9,12,14,22,24H,10-11,13H2,1-3H3. The highest BCUT2D eigenvalue weighted by Crippen LogP contribution is 2.45. The third kappa shape index (κ3) is 3.79. The predicted octanol–water partition coefficient (Wildman–Crippen LogP) is 3.78. The highest BCUT2D eigenvalue weighted by Gasteiger charge is 2.43. The normalized spacial score (nSPS) is 17.3. The van der Waals surface area contributed by atoms with Gasteiger partial charge < -0.3 is 9.64 Å². The number of amides is 1. The molecule has 1 aliphatic heterocycles. The van der Waals surface area contributed by atoms with E-state index >= 15 is 8.78 Å². The van der Waals surface area contributed by atoms with Crippen LogP contribution in [0.1, 0.15) is 65.5 Å². The van der Waals surface area contributed by atoms with Gasteiger partial charge in [-0.2, -0.15) is 5.10 Å². The molecule has 186 valence electrons. The van der Waals surface area contributed by atoms with Gasteiger partial charge in [-0.1, -0.05) is 24.3 Å². The van der Waals surface area contributed by atoms with Crippen LogP contribution >= 0.6 is 0 Å². The number of ether oxygens (including phenoxy) is 1. The minimum Gasteiger partial charge on any atom is -0.420 e. The van der Waals surface area contributed by atoms with Crippen LogP contribution in [-0.4, -0.2) is 39.1 Å². The van der Waals surface area contributed by atoms with Gasteiger partial charge in [0.2, 0.25) is 11.2 Å². The molecule has 1 atom stereocenters. The van der Waals surface area contributed by atoms with Crippen molar-refractivity contribution in [3.8, 4) is 5.75 Å². The van der Waals surface area contributed by atoms with Crippen LogP contribution in [0, 0.1) is 11.6 Å². The number of hydrogen-bond acceptors (Lipinski definition) is 5. The molecule has 0 radical (unpaired) electrons. The van der Waals surface area contributed by atoms with E-state index in [0.717, 1.165) is 13.1 Å².